The predicted octanol–water partition coefficient (Wildman–Crippen LogP) is 5.76. The van der Waals surface area contributed by atoms with Crippen LogP contribution in [-0.4, -0.2) is 18.5 Å². The van der Waals surface area contributed by atoms with Gasteiger partial charge in [0.15, 0.2) is 6.61 Å². The van der Waals surface area contributed by atoms with E-state index in [2.05, 4.69) is 11.4 Å². The molecule has 1 N–H and O–H groups in total. The Hall–Kier alpha value is -3.44. The Balaban J connectivity index is 1.46. The summed E-state index contributed by atoms with van der Waals surface area (Å²) in [5.41, 5.74) is 3.76. The Morgan fingerprint density at radius 2 is 1.76 bits per heavy atom. The number of aryl methyl sites for hydroxylation is 1. The van der Waals surface area contributed by atoms with Gasteiger partial charge in [-0.2, -0.15) is 0 Å². The highest BCUT2D eigenvalue weighted by atomic mass is 35.5. The van der Waals surface area contributed by atoms with Crippen LogP contribution in [0.1, 0.15) is 41.1 Å². The van der Waals surface area contributed by atoms with Crippen molar-refractivity contribution in [3.63, 3.8) is 0 Å². The highest BCUT2D eigenvalue weighted by Gasteiger charge is 2.22. The van der Waals surface area contributed by atoms with Gasteiger partial charge in [0, 0.05) is 5.02 Å². The number of nitrogens with one attached hydrogen (secondary N) is 1. The molecule has 0 saturated heterocycles. The van der Waals surface area contributed by atoms with E-state index >= 15 is 0 Å². The third-order valence-electron chi connectivity index (χ3n) is 5.60. The van der Waals surface area contributed by atoms with Gasteiger partial charge in [0.2, 0.25) is 0 Å². The molecule has 0 spiro atoms. The molecule has 1 unspecified atom stereocenters. The van der Waals surface area contributed by atoms with Crippen molar-refractivity contribution in [2.45, 2.75) is 25.3 Å². The van der Waals surface area contributed by atoms with E-state index in [9.17, 15) is 14.0 Å². The number of fused-ring (bicyclic) bond motifs is 1. The van der Waals surface area contributed by atoms with Crippen molar-refractivity contribution < 1.29 is 18.7 Å². The molecule has 0 radical (unpaired) electrons. The van der Waals surface area contributed by atoms with E-state index in [1.54, 1.807) is 30.3 Å². The first-order valence-electron chi connectivity index (χ1n) is 10.8. The Morgan fingerprint density at radius 1 is 1.03 bits per heavy atom. The normalized spacial score (nSPS) is 15.5. The molecule has 168 valence electrons. The van der Waals surface area contributed by atoms with Crippen LogP contribution in [-0.2, 0) is 20.7 Å². The smallest absolute Gasteiger partial charge is 0.339 e. The Labute approximate surface area is 197 Å². The summed E-state index contributed by atoms with van der Waals surface area (Å²) in [5.74, 6) is -1.45. The van der Waals surface area contributed by atoms with Crippen molar-refractivity contribution in [3.8, 4) is 0 Å². The summed E-state index contributed by atoms with van der Waals surface area (Å²) in [6, 6.07) is 20.4. The molecule has 0 saturated carbocycles. The Bertz CT molecular complexity index is 1170. The lowest BCUT2D eigenvalue weighted by atomic mass is 9.88. The molecule has 1 atom stereocenters. The lowest BCUT2D eigenvalue weighted by Gasteiger charge is -2.26. The molecule has 4 nitrogen and oxygen atoms in total. The van der Waals surface area contributed by atoms with Gasteiger partial charge in [-0.05, 0) is 71.9 Å². The van der Waals surface area contributed by atoms with E-state index in [-0.39, 0.29) is 17.5 Å². The average molecular weight is 464 g/mol. The van der Waals surface area contributed by atoms with Crippen LogP contribution in [0, 0.1) is 5.82 Å². The van der Waals surface area contributed by atoms with Crippen LogP contribution < -0.4 is 5.32 Å². The van der Waals surface area contributed by atoms with Gasteiger partial charge < -0.3 is 10.1 Å². The molecule has 3 aromatic rings. The van der Waals surface area contributed by atoms with Gasteiger partial charge in [0.25, 0.3) is 5.91 Å². The van der Waals surface area contributed by atoms with Crippen molar-refractivity contribution in [1.29, 1.82) is 0 Å². The van der Waals surface area contributed by atoms with Crippen molar-refractivity contribution in [2.24, 2.45) is 0 Å². The maximum absolute atomic E-state index is 13.4. The molecular formula is C27H23ClFNO3. The number of halogens is 2. The van der Waals surface area contributed by atoms with Crippen LogP contribution in [0.5, 0.6) is 0 Å². The molecule has 1 amide bonds. The number of benzene rings is 3. The summed E-state index contributed by atoms with van der Waals surface area (Å²) in [4.78, 5) is 25.5. The minimum atomic E-state index is -0.671. The van der Waals surface area contributed by atoms with Crippen molar-refractivity contribution in [2.75, 3.05) is 6.61 Å². The van der Waals surface area contributed by atoms with Crippen molar-refractivity contribution in [1.82, 2.24) is 5.32 Å². The van der Waals surface area contributed by atoms with E-state index in [0.717, 1.165) is 30.4 Å². The van der Waals surface area contributed by atoms with Gasteiger partial charge in [-0.3, -0.25) is 4.79 Å². The second-order valence-electron chi connectivity index (χ2n) is 7.90. The summed E-state index contributed by atoms with van der Waals surface area (Å²) >= 11 is 5.94. The number of hydrogen-bond donors (Lipinski definition) is 1. The molecule has 1 aliphatic carbocycles. The fourth-order valence-electron chi connectivity index (χ4n) is 3.96. The summed E-state index contributed by atoms with van der Waals surface area (Å²) in [7, 11) is 0. The first kappa shape index (κ1) is 22.7. The third kappa shape index (κ3) is 5.88. The molecule has 4 rings (SSSR count). The number of carbonyl (C=O) groups is 2. The fourth-order valence-corrected chi connectivity index (χ4v) is 4.09. The molecule has 0 heterocycles. The minimum absolute atomic E-state index is 0.0951. The predicted molar refractivity (Wildman–Crippen MR) is 127 cm³/mol. The summed E-state index contributed by atoms with van der Waals surface area (Å²) in [5, 5.41) is 3.54. The van der Waals surface area contributed by atoms with Crippen molar-refractivity contribution in [3.05, 3.63) is 106 Å². The monoisotopic (exact) mass is 463 g/mol. The van der Waals surface area contributed by atoms with Gasteiger partial charge in [0.05, 0.1) is 11.6 Å². The van der Waals surface area contributed by atoms with Crippen molar-refractivity contribution >= 4 is 35.1 Å². The lowest BCUT2D eigenvalue weighted by molar-refractivity contribution is -0.143. The molecule has 0 bridgehead atoms. The zero-order valence-corrected chi connectivity index (χ0v) is 18.6. The number of hydrogen-bond acceptors (Lipinski definition) is 3. The molecule has 0 aromatic heterocycles. The van der Waals surface area contributed by atoms with E-state index in [4.69, 9.17) is 16.3 Å². The molecule has 33 heavy (non-hydrogen) atoms. The highest BCUT2D eigenvalue weighted by Crippen LogP contribution is 2.29. The van der Waals surface area contributed by atoms with Gasteiger partial charge in [0.1, 0.15) is 5.82 Å². The lowest BCUT2D eigenvalue weighted by Crippen LogP contribution is -2.34. The van der Waals surface area contributed by atoms with E-state index in [0.29, 0.717) is 10.6 Å². The topological polar surface area (TPSA) is 55.4 Å². The van der Waals surface area contributed by atoms with Crippen LogP contribution in [0.2, 0.25) is 5.02 Å². The third-order valence-corrected chi connectivity index (χ3v) is 5.85. The molecule has 0 fully saturated rings. The first-order chi connectivity index (χ1) is 16.0. The molecule has 6 heteroatoms. The number of amides is 1. The quantitative estimate of drug-likeness (QED) is 0.287. The number of carbonyl (C=O) groups excluding carboxylic acids is 2. The van der Waals surface area contributed by atoms with Gasteiger partial charge in [-0.25, -0.2) is 9.18 Å². The van der Waals surface area contributed by atoms with E-state index < -0.39 is 18.4 Å². The molecular weight excluding hydrogens is 441 g/mol. The maximum Gasteiger partial charge on any atom is 0.339 e. The van der Waals surface area contributed by atoms with E-state index in [1.165, 1.54) is 29.8 Å². The Kier molecular flexibility index (Phi) is 7.20. The molecule has 1 aliphatic rings. The second-order valence-corrected chi connectivity index (χ2v) is 8.34. The first-order valence-corrected chi connectivity index (χ1v) is 11.1. The SMILES string of the molecule is O=C(COC(=O)/C(=C/c1ccc(Cl)cc1)c1ccc(F)cc1)NC1CCCc2ccccc21. The van der Waals surface area contributed by atoms with E-state index in [1.807, 2.05) is 18.2 Å². The van der Waals surface area contributed by atoms with Crippen LogP contribution in [0.4, 0.5) is 4.39 Å². The largest absolute Gasteiger partial charge is 0.452 e. The second kappa shape index (κ2) is 10.5. The standard InChI is InChI=1S/C27H23ClFNO3/c28-21-12-8-18(9-13-21)16-24(20-10-14-22(29)15-11-20)27(32)33-17-26(31)30-25-7-3-5-19-4-1-2-6-23(19)25/h1-2,4,6,8-16,25H,3,5,7,17H2,(H,30,31)/b24-16+. The summed E-state index contributed by atoms with van der Waals surface area (Å²) in [6.07, 6.45) is 4.45. The summed E-state index contributed by atoms with van der Waals surface area (Å²) < 4.78 is 18.7. The van der Waals surface area contributed by atoms with Crippen LogP contribution in [0.15, 0.2) is 72.8 Å². The zero-order valence-electron chi connectivity index (χ0n) is 17.9. The van der Waals surface area contributed by atoms with Crippen LogP contribution in [0.3, 0.4) is 0 Å². The highest BCUT2D eigenvalue weighted by molar-refractivity contribution is 6.30. The summed E-state index contributed by atoms with van der Waals surface area (Å²) in [6.45, 7) is -0.406. The van der Waals surface area contributed by atoms with Gasteiger partial charge in [-0.1, -0.05) is 60.1 Å². The maximum atomic E-state index is 13.4. The fraction of sp³-hybridized carbons (Fsp3) is 0.185. The zero-order chi connectivity index (χ0) is 23.2. The van der Waals surface area contributed by atoms with Gasteiger partial charge >= 0.3 is 5.97 Å². The van der Waals surface area contributed by atoms with Crippen LogP contribution >= 0.6 is 11.6 Å². The Morgan fingerprint density at radius 3 is 2.52 bits per heavy atom. The minimum Gasteiger partial charge on any atom is -0.452 e. The molecule has 3 aromatic carbocycles. The number of rotatable bonds is 6. The van der Waals surface area contributed by atoms with Gasteiger partial charge in [-0.15, -0.1) is 0 Å². The number of esters is 1. The average Bonchev–Trinajstić information content (AvgIpc) is 2.83. The molecule has 0 aliphatic heterocycles. The van der Waals surface area contributed by atoms with Crippen LogP contribution in [0.25, 0.3) is 11.6 Å². The number of ether oxygens (including phenoxy) is 1.